The van der Waals surface area contributed by atoms with Crippen molar-refractivity contribution in [3.05, 3.63) is 5.69 Å². The van der Waals surface area contributed by atoms with Gasteiger partial charge in [0.25, 0.3) is 0 Å². The molecule has 1 atom stereocenters. The fourth-order valence-corrected chi connectivity index (χ4v) is 1.49. The molecule has 0 bridgehead atoms. The number of nitrogens with two attached hydrogens (primary N) is 1. The van der Waals surface area contributed by atoms with Crippen LogP contribution < -0.4 is 11.1 Å². The number of anilines is 2. The maximum Gasteiger partial charge on any atom is 0.148 e. The Hall–Kier alpha value is -1.23. The Labute approximate surface area is 96.6 Å². The molecule has 16 heavy (non-hydrogen) atoms. The van der Waals surface area contributed by atoms with E-state index in [1.165, 1.54) is 0 Å². The minimum Gasteiger partial charge on any atom is -0.396 e. The SMILES string of the molecule is CCCn1nc(C)c(N)c1NCC(C)CO. The fraction of sp³-hybridized carbons (Fsp3) is 0.727. The van der Waals surface area contributed by atoms with Gasteiger partial charge in [0.2, 0.25) is 0 Å². The molecule has 5 nitrogen and oxygen atoms in total. The average Bonchev–Trinajstić information content (AvgIpc) is 2.53. The molecule has 92 valence electrons. The average molecular weight is 226 g/mol. The second-order valence-electron chi connectivity index (χ2n) is 4.24. The van der Waals surface area contributed by atoms with E-state index in [4.69, 9.17) is 10.8 Å². The third-order valence-corrected chi connectivity index (χ3v) is 2.54. The number of rotatable bonds is 6. The Bertz CT molecular complexity index is 335. The van der Waals surface area contributed by atoms with Crippen molar-refractivity contribution in [1.82, 2.24) is 9.78 Å². The number of hydrogen-bond donors (Lipinski definition) is 3. The summed E-state index contributed by atoms with van der Waals surface area (Å²) in [5, 5.41) is 16.6. The van der Waals surface area contributed by atoms with Gasteiger partial charge >= 0.3 is 0 Å². The summed E-state index contributed by atoms with van der Waals surface area (Å²) in [5.41, 5.74) is 7.51. The molecule has 0 saturated heterocycles. The lowest BCUT2D eigenvalue weighted by atomic mass is 10.2. The Balaban J connectivity index is 2.76. The van der Waals surface area contributed by atoms with Crippen molar-refractivity contribution >= 4 is 11.5 Å². The number of aromatic nitrogens is 2. The van der Waals surface area contributed by atoms with Crippen molar-refractivity contribution in [2.24, 2.45) is 5.92 Å². The molecule has 0 aliphatic heterocycles. The number of nitrogens with one attached hydrogen (secondary N) is 1. The van der Waals surface area contributed by atoms with Crippen molar-refractivity contribution in [3.8, 4) is 0 Å². The lowest BCUT2D eigenvalue weighted by molar-refractivity contribution is 0.244. The molecule has 1 rings (SSSR count). The van der Waals surface area contributed by atoms with E-state index in [1.807, 2.05) is 18.5 Å². The standard InChI is InChI=1S/C11H22N4O/c1-4-5-15-11(10(12)9(3)14-15)13-6-8(2)7-16/h8,13,16H,4-7,12H2,1-3H3. The molecule has 0 fully saturated rings. The van der Waals surface area contributed by atoms with Crippen LogP contribution in [0.3, 0.4) is 0 Å². The minimum atomic E-state index is 0.174. The summed E-state index contributed by atoms with van der Waals surface area (Å²) in [4.78, 5) is 0. The predicted molar refractivity (Wildman–Crippen MR) is 66.4 cm³/mol. The summed E-state index contributed by atoms with van der Waals surface area (Å²) in [7, 11) is 0. The quantitative estimate of drug-likeness (QED) is 0.682. The van der Waals surface area contributed by atoms with Crippen molar-refractivity contribution in [1.29, 1.82) is 0 Å². The van der Waals surface area contributed by atoms with Gasteiger partial charge in [-0.15, -0.1) is 0 Å². The van der Waals surface area contributed by atoms with Crippen molar-refractivity contribution in [2.45, 2.75) is 33.7 Å². The zero-order chi connectivity index (χ0) is 12.1. The van der Waals surface area contributed by atoms with Gasteiger partial charge in [0.1, 0.15) is 5.82 Å². The van der Waals surface area contributed by atoms with Crippen LogP contribution in [0, 0.1) is 12.8 Å². The van der Waals surface area contributed by atoms with Gasteiger partial charge in [-0.2, -0.15) is 5.10 Å². The van der Waals surface area contributed by atoms with Crippen LogP contribution in [0.25, 0.3) is 0 Å². The predicted octanol–water partition coefficient (Wildman–Crippen LogP) is 1.22. The van der Waals surface area contributed by atoms with Crippen LogP contribution in [-0.4, -0.2) is 28.0 Å². The second kappa shape index (κ2) is 5.75. The Morgan fingerprint density at radius 1 is 1.56 bits per heavy atom. The monoisotopic (exact) mass is 226 g/mol. The highest BCUT2D eigenvalue weighted by Gasteiger charge is 2.12. The maximum atomic E-state index is 8.97. The molecule has 0 amide bonds. The van der Waals surface area contributed by atoms with Gasteiger partial charge in [0.15, 0.2) is 0 Å². The molecule has 0 spiro atoms. The molecule has 1 heterocycles. The first-order valence-electron chi connectivity index (χ1n) is 5.77. The molecule has 5 heteroatoms. The highest BCUT2D eigenvalue weighted by Crippen LogP contribution is 2.22. The van der Waals surface area contributed by atoms with E-state index < -0.39 is 0 Å². The van der Waals surface area contributed by atoms with Gasteiger partial charge in [-0.05, 0) is 19.3 Å². The van der Waals surface area contributed by atoms with E-state index in [0.29, 0.717) is 12.2 Å². The number of nitrogens with zero attached hydrogens (tertiary/aromatic N) is 2. The largest absolute Gasteiger partial charge is 0.396 e. The van der Waals surface area contributed by atoms with Gasteiger partial charge in [-0.3, -0.25) is 0 Å². The third-order valence-electron chi connectivity index (χ3n) is 2.54. The number of nitrogen functional groups attached to an aromatic ring is 1. The van der Waals surface area contributed by atoms with E-state index in [0.717, 1.165) is 24.5 Å². The smallest absolute Gasteiger partial charge is 0.148 e. The number of hydrogen-bond acceptors (Lipinski definition) is 4. The van der Waals surface area contributed by atoms with E-state index in [9.17, 15) is 0 Å². The van der Waals surface area contributed by atoms with Crippen LogP contribution >= 0.6 is 0 Å². The molecule has 1 aromatic heterocycles. The summed E-state index contributed by atoms with van der Waals surface area (Å²) < 4.78 is 1.90. The van der Waals surface area contributed by atoms with Gasteiger partial charge in [0, 0.05) is 19.7 Å². The van der Waals surface area contributed by atoms with Gasteiger partial charge in [-0.1, -0.05) is 13.8 Å². The first-order chi connectivity index (χ1) is 7.60. The van der Waals surface area contributed by atoms with Crippen LogP contribution in [0.1, 0.15) is 26.0 Å². The fourth-order valence-electron chi connectivity index (χ4n) is 1.49. The van der Waals surface area contributed by atoms with E-state index in [-0.39, 0.29) is 12.5 Å². The first kappa shape index (κ1) is 12.8. The molecule has 1 unspecified atom stereocenters. The summed E-state index contributed by atoms with van der Waals surface area (Å²) in [6, 6.07) is 0. The summed E-state index contributed by atoms with van der Waals surface area (Å²) in [5.74, 6) is 1.09. The minimum absolute atomic E-state index is 0.174. The summed E-state index contributed by atoms with van der Waals surface area (Å²) in [6.45, 7) is 7.73. The van der Waals surface area contributed by atoms with Crippen LogP contribution in [0.4, 0.5) is 11.5 Å². The highest BCUT2D eigenvalue weighted by atomic mass is 16.3. The summed E-state index contributed by atoms with van der Waals surface area (Å²) in [6.07, 6.45) is 1.02. The molecule has 0 radical (unpaired) electrons. The van der Waals surface area contributed by atoms with Crippen LogP contribution in [-0.2, 0) is 6.54 Å². The maximum absolute atomic E-state index is 8.97. The Morgan fingerprint density at radius 3 is 2.81 bits per heavy atom. The summed E-state index contributed by atoms with van der Waals surface area (Å²) >= 11 is 0. The number of aliphatic hydroxyl groups is 1. The molecular formula is C11H22N4O. The third kappa shape index (κ3) is 2.88. The molecule has 0 saturated carbocycles. The molecule has 4 N–H and O–H groups in total. The lowest BCUT2D eigenvalue weighted by Crippen LogP contribution is -2.17. The van der Waals surface area contributed by atoms with Crippen molar-refractivity contribution < 1.29 is 5.11 Å². The van der Waals surface area contributed by atoms with Gasteiger partial charge < -0.3 is 16.2 Å². The normalized spacial score (nSPS) is 12.8. The first-order valence-corrected chi connectivity index (χ1v) is 5.77. The Morgan fingerprint density at radius 2 is 2.25 bits per heavy atom. The van der Waals surface area contributed by atoms with E-state index in [2.05, 4.69) is 17.3 Å². The van der Waals surface area contributed by atoms with Crippen LogP contribution in [0.15, 0.2) is 0 Å². The Kier molecular flexibility index (Phi) is 4.61. The molecule has 0 aliphatic rings. The topological polar surface area (TPSA) is 76.1 Å². The van der Waals surface area contributed by atoms with E-state index in [1.54, 1.807) is 0 Å². The number of aryl methyl sites for hydroxylation is 2. The molecule has 0 aliphatic carbocycles. The molecular weight excluding hydrogens is 204 g/mol. The molecule has 0 aromatic carbocycles. The van der Waals surface area contributed by atoms with Gasteiger partial charge in [0.05, 0.1) is 11.4 Å². The van der Waals surface area contributed by atoms with Gasteiger partial charge in [-0.25, -0.2) is 4.68 Å². The van der Waals surface area contributed by atoms with Crippen molar-refractivity contribution in [2.75, 3.05) is 24.2 Å². The highest BCUT2D eigenvalue weighted by molar-refractivity contribution is 5.64. The van der Waals surface area contributed by atoms with Crippen LogP contribution in [0.5, 0.6) is 0 Å². The lowest BCUT2D eigenvalue weighted by Gasteiger charge is -2.13. The molecule has 1 aromatic rings. The van der Waals surface area contributed by atoms with Crippen molar-refractivity contribution in [3.63, 3.8) is 0 Å². The van der Waals surface area contributed by atoms with Crippen LogP contribution in [0.2, 0.25) is 0 Å². The zero-order valence-electron chi connectivity index (χ0n) is 10.3. The van der Waals surface area contributed by atoms with E-state index >= 15 is 0 Å². The second-order valence-corrected chi connectivity index (χ2v) is 4.24. The zero-order valence-corrected chi connectivity index (χ0v) is 10.3. The number of aliphatic hydroxyl groups excluding tert-OH is 1.